The fraction of sp³-hybridized carbons (Fsp3) is 0.148. The summed E-state index contributed by atoms with van der Waals surface area (Å²) in [5.41, 5.74) is 2.51. The molecule has 0 saturated heterocycles. The number of aryl methyl sites for hydroxylation is 1. The summed E-state index contributed by atoms with van der Waals surface area (Å²) in [7, 11) is 0. The van der Waals surface area contributed by atoms with E-state index in [0.29, 0.717) is 27.8 Å². The predicted molar refractivity (Wildman–Crippen MR) is 149 cm³/mol. The van der Waals surface area contributed by atoms with Crippen molar-refractivity contribution in [3.63, 3.8) is 0 Å². The molecule has 2 unspecified atom stereocenters. The molecule has 1 heterocycles. The van der Waals surface area contributed by atoms with Gasteiger partial charge in [-0.15, -0.1) is 0 Å². The van der Waals surface area contributed by atoms with Crippen molar-refractivity contribution in [2.75, 3.05) is 9.62 Å². The number of carbonyl (C=O) groups is 2. The Morgan fingerprint density at radius 3 is 2.46 bits per heavy atom. The monoisotopic (exact) mass is 580 g/mol. The highest BCUT2D eigenvalue weighted by molar-refractivity contribution is 9.10. The number of halogens is 1. The van der Waals surface area contributed by atoms with Crippen LogP contribution in [-0.4, -0.2) is 31.7 Å². The number of aromatic nitrogens is 1. The second kappa shape index (κ2) is 12.1. The van der Waals surface area contributed by atoms with Crippen molar-refractivity contribution in [2.24, 2.45) is 0 Å². The number of carbonyl (C=O) groups excluding carboxylic acids is 2. The summed E-state index contributed by atoms with van der Waals surface area (Å²) in [6.07, 6.45) is 3.06. The molecule has 0 aliphatic carbocycles. The zero-order valence-corrected chi connectivity index (χ0v) is 22.3. The SMILES string of the molecule is CC(NC(=O)CCc1ccc(NC(=O)c2cncc(Br)c2)cc1)N(c1ccc2ccccc2c1)S(=O)O. The van der Waals surface area contributed by atoms with E-state index < -0.39 is 17.4 Å². The van der Waals surface area contributed by atoms with Crippen LogP contribution < -0.4 is 14.9 Å². The number of anilines is 2. The van der Waals surface area contributed by atoms with Crippen molar-refractivity contribution in [1.82, 2.24) is 10.3 Å². The van der Waals surface area contributed by atoms with Gasteiger partial charge >= 0.3 is 0 Å². The fourth-order valence-corrected chi connectivity index (χ4v) is 4.86. The molecule has 2 atom stereocenters. The molecule has 1 aromatic heterocycles. The van der Waals surface area contributed by atoms with Crippen LogP contribution in [0.3, 0.4) is 0 Å². The van der Waals surface area contributed by atoms with Crippen LogP contribution in [0.15, 0.2) is 89.7 Å². The van der Waals surface area contributed by atoms with Gasteiger partial charge in [-0.2, -0.15) is 0 Å². The zero-order chi connectivity index (χ0) is 26.4. The molecular weight excluding hydrogens is 556 g/mol. The molecule has 0 saturated carbocycles. The number of nitrogens with zero attached hydrogens (tertiary/aromatic N) is 2. The number of benzene rings is 3. The highest BCUT2D eigenvalue weighted by atomic mass is 79.9. The Hall–Kier alpha value is -3.60. The Morgan fingerprint density at radius 1 is 1.03 bits per heavy atom. The van der Waals surface area contributed by atoms with Crippen LogP contribution in [0.1, 0.15) is 29.3 Å². The van der Waals surface area contributed by atoms with Gasteiger partial charge in [-0.3, -0.25) is 19.1 Å². The molecule has 3 N–H and O–H groups in total. The molecule has 10 heteroatoms. The van der Waals surface area contributed by atoms with Crippen molar-refractivity contribution in [1.29, 1.82) is 0 Å². The van der Waals surface area contributed by atoms with E-state index in [4.69, 9.17) is 0 Å². The lowest BCUT2D eigenvalue weighted by Gasteiger charge is -2.28. The average Bonchev–Trinajstić information content (AvgIpc) is 2.88. The number of amides is 2. The first-order chi connectivity index (χ1) is 17.8. The molecule has 0 radical (unpaired) electrons. The Kier molecular flexibility index (Phi) is 8.65. The summed E-state index contributed by atoms with van der Waals surface area (Å²) in [6, 6.07) is 22.1. The topological polar surface area (TPSA) is 112 Å². The van der Waals surface area contributed by atoms with Crippen LogP contribution in [0.4, 0.5) is 11.4 Å². The fourth-order valence-electron chi connectivity index (χ4n) is 3.88. The molecule has 0 spiro atoms. The van der Waals surface area contributed by atoms with Crippen LogP contribution in [0, 0.1) is 0 Å². The molecule has 0 aliphatic heterocycles. The van der Waals surface area contributed by atoms with E-state index in [1.165, 1.54) is 10.5 Å². The van der Waals surface area contributed by atoms with Crippen LogP contribution in [0.25, 0.3) is 10.8 Å². The van der Waals surface area contributed by atoms with Gasteiger partial charge in [-0.05, 0) is 75.9 Å². The minimum absolute atomic E-state index is 0.198. The third kappa shape index (κ3) is 7.00. The van der Waals surface area contributed by atoms with Gasteiger partial charge in [-0.1, -0.05) is 42.5 Å². The van der Waals surface area contributed by atoms with Gasteiger partial charge in [0.1, 0.15) is 6.17 Å². The van der Waals surface area contributed by atoms with Crippen molar-refractivity contribution in [3.8, 4) is 0 Å². The van der Waals surface area contributed by atoms with Gasteiger partial charge in [0.05, 0.1) is 11.3 Å². The van der Waals surface area contributed by atoms with Gasteiger partial charge in [0, 0.05) is 29.0 Å². The van der Waals surface area contributed by atoms with Gasteiger partial charge in [0.2, 0.25) is 5.91 Å². The maximum Gasteiger partial charge on any atom is 0.263 e. The lowest BCUT2D eigenvalue weighted by atomic mass is 10.1. The quantitative estimate of drug-likeness (QED) is 0.184. The smallest absolute Gasteiger partial charge is 0.263 e. The molecule has 0 aliphatic rings. The lowest BCUT2D eigenvalue weighted by molar-refractivity contribution is -0.121. The molecule has 2 amide bonds. The minimum Gasteiger partial charge on any atom is -0.335 e. The molecule has 3 aromatic carbocycles. The van der Waals surface area contributed by atoms with Crippen molar-refractivity contribution >= 4 is 61.2 Å². The van der Waals surface area contributed by atoms with E-state index in [9.17, 15) is 18.4 Å². The van der Waals surface area contributed by atoms with E-state index in [1.54, 1.807) is 37.4 Å². The minimum atomic E-state index is -2.33. The van der Waals surface area contributed by atoms with Crippen molar-refractivity contribution < 1.29 is 18.4 Å². The number of hydrogen-bond acceptors (Lipinski definition) is 4. The zero-order valence-electron chi connectivity index (χ0n) is 19.9. The average molecular weight is 581 g/mol. The van der Waals surface area contributed by atoms with Crippen LogP contribution in [0.5, 0.6) is 0 Å². The van der Waals surface area contributed by atoms with E-state index in [1.807, 2.05) is 48.5 Å². The van der Waals surface area contributed by atoms with Crippen LogP contribution in [0.2, 0.25) is 0 Å². The van der Waals surface area contributed by atoms with Gasteiger partial charge < -0.3 is 10.6 Å². The Labute approximate surface area is 225 Å². The van der Waals surface area contributed by atoms with Gasteiger partial charge in [0.15, 0.2) is 0 Å². The third-order valence-corrected chi connectivity index (χ3v) is 6.99. The largest absolute Gasteiger partial charge is 0.335 e. The molecule has 4 rings (SSSR count). The maximum atomic E-state index is 12.6. The maximum absolute atomic E-state index is 12.6. The second-order valence-electron chi connectivity index (χ2n) is 8.37. The Balaban J connectivity index is 1.32. The first-order valence-corrected chi connectivity index (χ1v) is 13.3. The second-order valence-corrected chi connectivity index (χ2v) is 10.1. The number of nitrogens with one attached hydrogen (secondary N) is 2. The standard InChI is InChI=1S/C27H25BrN4O4S/c1-18(32(37(35)36)25-12-9-20-4-2-3-5-21(20)15-25)30-26(33)13-8-19-6-10-24(11-7-19)31-27(34)22-14-23(28)17-29-16-22/h2-7,9-12,14-18H,8,13H2,1H3,(H,30,33)(H,31,34)(H,35,36). The molecule has 190 valence electrons. The van der Waals surface area contributed by atoms with Crippen LogP contribution in [-0.2, 0) is 22.5 Å². The van der Waals surface area contributed by atoms with Gasteiger partial charge in [0.25, 0.3) is 17.2 Å². The third-order valence-electron chi connectivity index (χ3n) is 5.70. The van der Waals surface area contributed by atoms with Gasteiger partial charge in [-0.25, -0.2) is 8.51 Å². The van der Waals surface area contributed by atoms with Crippen LogP contribution >= 0.6 is 15.9 Å². The predicted octanol–water partition coefficient (Wildman–Crippen LogP) is 5.29. The molecule has 8 nitrogen and oxygen atoms in total. The summed E-state index contributed by atoms with van der Waals surface area (Å²) < 4.78 is 24.0. The number of pyridine rings is 1. The highest BCUT2D eigenvalue weighted by Gasteiger charge is 2.22. The summed E-state index contributed by atoms with van der Waals surface area (Å²) in [4.78, 5) is 29.0. The Bertz CT molecular complexity index is 1450. The molecule has 37 heavy (non-hydrogen) atoms. The van der Waals surface area contributed by atoms with E-state index in [-0.39, 0.29) is 18.2 Å². The number of hydrogen-bond donors (Lipinski definition) is 3. The molecule has 4 aromatic rings. The van der Waals surface area contributed by atoms with E-state index in [0.717, 1.165) is 16.3 Å². The molecule has 0 fully saturated rings. The first kappa shape index (κ1) is 26.5. The number of fused-ring (bicyclic) bond motifs is 1. The highest BCUT2D eigenvalue weighted by Crippen LogP contribution is 2.24. The summed E-state index contributed by atoms with van der Waals surface area (Å²) in [5.74, 6) is -0.518. The van der Waals surface area contributed by atoms with E-state index >= 15 is 0 Å². The van der Waals surface area contributed by atoms with Crippen molar-refractivity contribution in [2.45, 2.75) is 25.9 Å². The summed E-state index contributed by atoms with van der Waals surface area (Å²) in [5, 5.41) is 7.57. The summed E-state index contributed by atoms with van der Waals surface area (Å²) in [6.45, 7) is 1.67. The molecular formula is C27H25BrN4O4S. The number of rotatable bonds is 9. The van der Waals surface area contributed by atoms with Crippen molar-refractivity contribution in [3.05, 3.63) is 101 Å². The normalized spacial score (nSPS) is 12.5. The summed E-state index contributed by atoms with van der Waals surface area (Å²) >= 11 is 0.970. The lowest BCUT2D eigenvalue weighted by Crippen LogP contribution is -2.47. The molecule has 0 bridgehead atoms. The van der Waals surface area contributed by atoms with E-state index in [2.05, 4.69) is 31.5 Å². The first-order valence-electron chi connectivity index (χ1n) is 11.5. The Morgan fingerprint density at radius 2 is 1.76 bits per heavy atom.